The molecule has 1 saturated heterocycles. The summed E-state index contributed by atoms with van der Waals surface area (Å²) in [5.74, 6) is 0.807. The second kappa shape index (κ2) is 4.76. The molecule has 0 bridgehead atoms. The van der Waals surface area contributed by atoms with E-state index < -0.39 is 0 Å². The Balaban J connectivity index is 2.02. The van der Waals surface area contributed by atoms with Crippen LogP contribution >= 0.6 is 15.9 Å². The van der Waals surface area contributed by atoms with Crippen molar-refractivity contribution in [1.29, 1.82) is 0 Å². The Hall–Kier alpha value is -0.975. The number of H-pyrrole nitrogens is 1. The van der Waals surface area contributed by atoms with Crippen molar-refractivity contribution in [3.8, 4) is 5.75 Å². The third kappa shape index (κ3) is 2.29. The first kappa shape index (κ1) is 14.9. The Morgan fingerprint density at radius 1 is 1.14 bits per heavy atom. The van der Waals surface area contributed by atoms with Crippen LogP contribution in [0.5, 0.6) is 5.75 Å². The average Bonchev–Trinajstić information content (AvgIpc) is 2.90. The van der Waals surface area contributed by atoms with Crippen molar-refractivity contribution in [2.24, 2.45) is 0 Å². The van der Waals surface area contributed by atoms with E-state index in [2.05, 4.69) is 48.6 Å². The summed E-state index contributed by atoms with van der Waals surface area (Å²) < 4.78 is 18.4. The van der Waals surface area contributed by atoms with E-state index in [4.69, 9.17) is 14.0 Å². The molecule has 0 radical (unpaired) electrons. The zero-order valence-corrected chi connectivity index (χ0v) is 14.5. The van der Waals surface area contributed by atoms with Crippen LogP contribution in [-0.2, 0) is 9.31 Å². The molecule has 1 aliphatic rings. The number of nitrogens with one attached hydrogen (secondary N) is 1. The predicted molar refractivity (Wildman–Crippen MR) is 88.3 cm³/mol. The van der Waals surface area contributed by atoms with Crippen molar-refractivity contribution < 1.29 is 14.0 Å². The molecule has 3 rings (SSSR count). The van der Waals surface area contributed by atoms with Crippen LogP contribution < -0.4 is 10.3 Å². The van der Waals surface area contributed by atoms with Gasteiger partial charge in [-0.3, -0.25) is 0 Å². The molecule has 0 saturated carbocycles. The van der Waals surface area contributed by atoms with Gasteiger partial charge in [0.05, 0.1) is 22.8 Å². The number of fused-ring (bicyclic) bond motifs is 1. The maximum Gasteiger partial charge on any atom is 0.512 e. The number of hydrogen-bond donors (Lipinski definition) is 1. The minimum Gasteiger partial charge on any atom is -0.496 e. The molecule has 0 amide bonds. The summed E-state index contributed by atoms with van der Waals surface area (Å²) in [6, 6.07) is 5.97. The lowest BCUT2D eigenvalue weighted by atomic mass is 9.85. The number of benzene rings is 1. The standard InChI is InChI=1S/C15H19BBrNO3/c1-14(2)15(3,4)21-16(20-14)12-8-9-10(18-12)6-7-11(19-5)13(9)17/h6-8,18H,1-5H3. The van der Waals surface area contributed by atoms with E-state index in [1.807, 2.05) is 18.2 Å². The van der Waals surface area contributed by atoms with Gasteiger partial charge in [0.2, 0.25) is 0 Å². The molecule has 112 valence electrons. The Morgan fingerprint density at radius 2 is 1.76 bits per heavy atom. The van der Waals surface area contributed by atoms with Crippen molar-refractivity contribution in [2.75, 3.05) is 7.11 Å². The lowest BCUT2D eigenvalue weighted by molar-refractivity contribution is 0.00578. The number of methoxy groups -OCH3 is 1. The van der Waals surface area contributed by atoms with E-state index in [9.17, 15) is 0 Å². The first-order valence-electron chi connectivity index (χ1n) is 6.96. The van der Waals surface area contributed by atoms with Gasteiger partial charge in [-0.2, -0.15) is 0 Å². The molecular formula is C15H19BBrNO3. The Labute approximate surface area is 133 Å². The summed E-state index contributed by atoms with van der Waals surface area (Å²) in [5, 5.41) is 1.05. The average molecular weight is 352 g/mol. The molecule has 0 aliphatic carbocycles. The van der Waals surface area contributed by atoms with Crippen LogP contribution in [0.1, 0.15) is 27.7 Å². The second-order valence-corrected chi connectivity index (χ2v) is 7.15. The molecule has 1 fully saturated rings. The van der Waals surface area contributed by atoms with E-state index >= 15 is 0 Å². The fraction of sp³-hybridized carbons (Fsp3) is 0.467. The number of aromatic nitrogens is 1. The molecule has 2 heterocycles. The molecule has 6 heteroatoms. The van der Waals surface area contributed by atoms with E-state index in [-0.39, 0.29) is 18.3 Å². The molecule has 1 aromatic carbocycles. The lowest BCUT2D eigenvalue weighted by Crippen LogP contribution is -2.41. The summed E-state index contributed by atoms with van der Waals surface area (Å²) in [6.07, 6.45) is 0. The van der Waals surface area contributed by atoms with Gasteiger partial charge < -0.3 is 19.0 Å². The van der Waals surface area contributed by atoms with Crippen molar-refractivity contribution >= 4 is 39.5 Å². The van der Waals surface area contributed by atoms with Crippen molar-refractivity contribution in [3.63, 3.8) is 0 Å². The van der Waals surface area contributed by atoms with Gasteiger partial charge >= 0.3 is 7.12 Å². The van der Waals surface area contributed by atoms with Crippen LogP contribution in [0.3, 0.4) is 0 Å². The van der Waals surface area contributed by atoms with Crippen LogP contribution in [0, 0.1) is 0 Å². The zero-order valence-electron chi connectivity index (χ0n) is 12.9. The van der Waals surface area contributed by atoms with Crippen molar-refractivity contribution in [2.45, 2.75) is 38.9 Å². The van der Waals surface area contributed by atoms with Gasteiger partial charge in [-0.15, -0.1) is 0 Å². The SMILES string of the molecule is COc1ccc2[nH]c(B3OC(C)(C)C(C)(C)O3)cc2c1Br. The third-order valence-electron chi connectivity index (χ3n) is 4.45. The highest BCUT2D eigenvalue weighted by Crippen LogP contribution is 2.37. The van der Waals surface area contributed by atoms with Gasteiger partial charge in [0.1, 0.15) is 5.75 Å². The highest BCUT2D eigenvalue weighted by molar-refractivity contribution is 9.10. The number of aromatic amines is 1. The van der Waals surface area contributed by atoms with Gasteiger partial charge in [-0.25, -0.2) is 0 Å². The fourth-order valence-corrected chi connectivity index (χ4v) is 3.05. The molecule has 0 spiro atoms. The molecule has 0 atom stereocenters. The summed E-state index contributed by atoms with van der Waals surface area (Å²) in [7, 11) is 1.27. The van der Waals surface area contributed by atoms with Gasteiger partial charge in [-0.1, -0.05) is 0 Å². The number of halogens is 1. The van der Waals surface area contributed by atoms with Gasteiger partial charge in [-0.05, 0) is 61.8 Å². The summed E-state index contributed by atoms with van der Waals surface area (Å²) in [4.78, 5) is 3.37. The smallest absolute Gasteiger partial charge is 0.496 e. The summed E-state index contributed by atoms with van der Waals surface area (Å²) >= 11 is 3.58. The summed E-state index contributed by atoms with van der Waals surface area (Å²) in [5.41, 5.74) is 1.25. The Morgan fingerprint density at radius 3 is 2.33 bits per heavy atom. The number of rotatable bonds is 2. The molecule has 4 nitrogen and oxygen atoms in total. The van der Waals surface area contributed by atoms with Crippen molar-refractivity contribution in [3.05, 3.63) is 22.7 Å². The Kier molecular flexibility index (Phi) is 3.39. The minimum absolute atomic E-state index is 0.343. The Bertz CT molecular complexity index is 680. The molecule has 1 N–H and O–H groups in total. The van der Waals surface area contributed by atoms with E-state index in [1.54, 1.807) is 7.11 Å². The molecular weight excluding hydrogens is 333 g/mol. The number of ether oxygens (including phenoxy) is 1. The first-order chi connectivity index (χ1) is 9.75. The van der Waals surface area contributed by atoms with E-state index in [1.165, 1.54) is 0 Å². The maximum atomic E-state index is 6.08. The largest absolute Gasteiger partial charge is 0.512 e. The van der Waals surface area contributed by atoms with Crippen LogP contribution in [0.4, 0.5) is 0 Å². The highest BCUT2D eigenvalue weighted by atomic mass is 79.9. The lowest BCUT2D eigenvalue weighted by Gasteiger charge is -2.32. The van der Waals surface area contributed by atoms with Gasteiger partial charge in [0.15, 0.2) is 0 Å². The number of hydrogen-bond acceptors (Lipinski definition) is 3. The topological polar surface area (TPSA) is 43.5 Å². The van der Waals surface area contributed by atoms with Crippen molar-refractivity contribution in [1.82, 2.24) is 4.98 Å². The molecule has 1 aromatic heterocycles. The van der Waals surface area contributed by atoms with Crippen LogP contribution in [-0.4, -0.2) is 30.4 Å². The first-order valence-corrected chi connectivity index (χ1v) is 7.75. The van der Waals surface area contributed by atoms with Crippen LogP contribution in [0.25, 0.3) is 10.9 Å². The van der Waals surface area contributed by atoms with Crippen LogP contribution in [0.15, 0.2) is 22.7 Å². The highest BCUT2D eigenvalue weighted by Gasteiger charge is 2.52. The fourth-order valence-electron chi connectivity index (χ4n) is 2.42. The maximum absolute atomic E-state index is 6.08. The normalized spacial score (nSPS) is 20.2. The molecule has 2 aromatic rings. The van der Waals surface area contributed by atoms with E-state index in [0.29, 0.717) is 0 Å². The quantitative estimate of drug-likeness (QED) is 0.844. The van der Waals surface area contributed by atoms with Gasteiger partial charge in [0.25, 0.3) is 0 Å². The zero-order chi connectivity index (χ0) is 15.4. The molecule has 1 aliphatic heterocycles. The summed E-state index contributed by atoms with van der Waals surface area (Å²) in [6.45, 7) is 8.20. The predicted octanol–water partition coefficient (Wildman–Crippen LogP) is 3.24. The second-order valence-electron chi connectivity index (χ2n) is 6.36. The monoisotopic (exact) mass is 351 g/mol. The molecule has 0 unspecified atom stereocenters. The minimum atomic E-state index is -0.389. The van der Waals surface area contributed by atoms with Gasteiger partial charge in [0, 0.05) is 16.5 Å². The van der Waals surface area contributed by atoms with E-state index in [0.717, 1.165) is 26.7 Å². The third-order valence-corrected chi connectivity index (χ3v) is 5.27. The molecule has 21 heavy (non-hydrogen) atoms. The van der Waals surface area contributed by atoms with Crippen LogP contribution in [0.2, 0.25) is 0 Å².